The van der Waals surface area contributed by atoms with E-state index in [0.717, 1.165) is 58.7 Å². The van der Waals surface area contributed by atoms with Gasteiger partial charge in [0.05, 0.1) is 46.8 Å². The largest absolute Gasteiger partial charge is 0.465 e. The number of esters is 1. The molecule has 2 saturated heterocycles. The number of ether oxygens (including phenoxy) is 1. The molecule has 0 saturated carbocycles. The molecule has 2 aromatic heterocycles. The highest BCUT2D eigenvalue weighted by Crippen LogP contribution is 2.45. The molecule has 2 atom stereocenters. The minimum absolute atomic E-state index is 0.208. The molecule has 2 aliphatic heterocycles. The van der Waals surface area contributed by atoms with Gasteiger partial charge in [0.2, 0.25) is 0 Å². The zero-order valence-electron chi connectivity index (χ0n) is 24.9. The zero-order valence-corrected chi connectivity index (χ0v) is 26.5. The summed E-state index contributed by atoms with van der Waals surface area (Å²) in [6, 6.07) is 21.5. The fourth-order valence-corrected chi connectivity index (χ4v) is 7.15. The number of pyridine rings is 1. The Morgan fingerprint density at radius 1 is 1.02 bits per heavy atom. The summed E-state index contributed by atoms with van der Waals surface area (Å²) in [4.78, 5) is 22.0. The third-order valence-corrected chi connectivity index (χ3v) is 9.39. The number of para-hydroxylation sites is 1. The Morgan fingerprint density at radius 3 is 2.47 bits per heavy atom. The molecule has 2 aromatic carbocycles. The van der Waals surface area contributed by atoms with Crippen molar-refractivity contribution < 1.29 is 9.53 Å². The summed E-state index contributed by atoms with van der Waals surface area (Å²) >= 11 is 13.0. The Balaban J connectivity index is 1.46. The number of carbonyl (C=O) groups is 1. The molecule has 0 amide bonds. The second-order valence-electron chi connectivity index (χ2n) is 11.5. The first kappa shape index (κ1) is 29.2. The fraction of sp³-hybridized carbons (Fsp3) is 0.324. The van der Waals surface area contributed by atoms with Gasteiger partial charge < -0.3 is 24.4 Å². The number of anilines is 2. The van der Waals surface area contributed by atoms with Crippen LogP contribution in [0.25, 0.3) is 5.69 Å². The lowest BCUT2D eigenvalue weighted by atomic mass is 9.96. The molecule has 1 N–H and O–H groups in total. The van der Waals surface area contributed by atoms with Gasteiger partial charge in [0.15, 0.2) is 5.11 Å². The van der Waals surface area contributed by atoms with Crippen LogP contribution < -0.4 is 15.1 Å². The smallest absolute Gasteiger partial charge is 0.339 e. The van der Waals surface area contributed by atoms with E-state index in [1.807, 2.05) is 42.5 Å². The molecule has 4 aromatic rings. The topological polar surface area (TPSA) is 62.6 Å². The van der Waals surface area contributed by atoms with Crippen LogP contribution in [0.1, 0.15) is 64.9 Å². The molecule has 2 aliphatic rings. The zero-order chi connectivity index (χ0) is 30.2. The van der Waals surface area contributed by atoms with Crippen LogP contribution in [0.4, 0.5) is 11.4 Å². The predicted octanol–water partition coefficient (Wildman–Crippen LogP) is 7.34. The molecule has 0 bridgehead atoms. The summed E-state index contributed by atoms with van der Waals surface area (Å²) in [6.07, 6.45) is 4.14. The molecule has 0 aliphatic carbocycles. The number of benzene rings is 2. The first-order valence-electron chi connectivity index (χ1n) is 14.7. The van der Waals surface area contributed by atoms with Crippen molar-refractivity contribution in [3.63, 3.8) is 0 Å². The quantitative estimate of drug-likeness (QED) is 0.180. The van der Waals surface area contributed by atoms with Crippen molar-refractivity contribution >= 4 is 46.3 Å². The summed E-state index contributed by atoms with van der Waals surface area (Å²) in [5.74, 6) is 0.365. The first-order chi connectivity index (χ1) is 20.8. The SMILES string of the molecule is COC(=O)c1ccccc1-n1c(C)cc(C2C(c3ccccn3)NC(=S)N2c2ccc(N3CCC(C)CC3)c(Cl)c2)c1C. The minimum Gasteiger partial charge on any atom is -0.465 e. The number of hydrogen-bond donors (Lipinski definition) is 1. The normalized spacial score (nSPS) is 19.0. The van der Waals surface area contributed by atoms with Crippen LogP contribution >= 0.6 is 23.8 Å². The van der Waals surface area contributed by atoms with Gasteiger partial charge in [0.1, 0.15) is 0 Å². The second-order valence-corrected chi connectivity index (χ2v) is 12.3. The molecule has 4 heterocycles. The summed E-state index contributed by atoms with van der Waals surface area (Å²) in [5, 5.41) is 4.88. The van der Waals surface area contributed by atoms with E-state index in [1.165, 1.54) is 20.0 Å². The summed E-state index contributed by atoms with van der Waals surface area (Å²) in [7, 11) is 1.41. The van der Waals surface area contributed by atoms with Crippen molar-refractivity contribution in [1.29, 1.82) is 0 Å². The molecule has 0 radical (unpaired) electrons. The van der Waals surface area contributed by atoms with Crippen molar-refractivity contribution in [2.24, 2.45) is 5.92 Å². The Labute approximate surface area is 263 Å². The van der Waals surface area contributed by atoms with E-state index in [0.29, 0.717) is 15.7 Å². The van der Waals surface area contributed by atoms with E-state index in [1.54, 1.807) is 12.3 Å². The number of nitrogens with zero attached hydrogens (tertiary/aromatic N) is 4. The maximum Gasteiger partial charge on any atom is 0.339 e. The molecule has 7 nitrogen and oxygen atoms in total. The van der Waals surface area contributed by atoms with E-state index in [2.05, 4.69) is 58.7 Å². The van der Waals surface area contributed by atoms with Gasteiger partial charge in [-0.3, -0.25) is 4.98 Å². The van der Waals surface area contributed by atoms with Crippen molar-refractivity contribution in [2.45, 2.75) is 45.7 Å². The Hall–Kier alpha value is -3.88. The van der Waals surface area contributed by atoms with Gasteiger partial charge in [0, 0.05) is 36.4 Å². The molecule has 0 spiro atoms. The van der Waals surface area contributed by atoms with Gasteiger partial charge in [-0.15, -0.1) is 0 Å². The molecular weight excluding hydrogens is 578 g/mol. The predicted molar refractivity (Wildman–Crippen MR) is 177 cm³/mol. The van der Waals surface area contributed by atoms with E-state index in [9.17, 15) is 4.79 Å². The molecule has 222 valence electrons. The maximum absolute atomic E-state index is 12.7. The first-order valence-corrected chi connectivity index (χ1v) is 15.5. The van der Waals surface area contributed by atoms with Crippen LogP contribution in [0.3, 0.4) is 0 Å². The minimum atomic E-state index is -0.376. The van der Waals surface area contributed by atoms with E-state index >= 15 is 0 Å². The number of rotatable bonds is 6. The number of aryl methyl sites for hydroxylation is 1. The lowest BCUT2D eigenvalue weighted by molar-refractivity contribution is 0.0600. The Bertz CT molecular complexity index is 1660. The highest BCUT2D eigenvalue weighted by atomic mass is 35.5. The lowest BCUT2D eigenvalue weighted by Gasteiger charge is -2.33. The molecule has 43 heavy (non-hydrogen) atoms. The molecular formula is C34H36ClN5O2S. The molecule has 9 heteroatoms. The number of hydrogen-bond acceptors (Lipinski definition) is 5. The Morgan fingerprint density at radius 2 is 1.77 bits per heavy atom. The molecule has 6 rings (SSSR count). The second kappa shape index (κ2) is 12.0. The fourth-order valence-electron chi connectivity index (χ4n) is 6.51. The van der Waals surface area contributed by atoms with Crippen LogP contribution in [0, 0.1) is 19.8 Å². The van der Waals surface area contributed by atoms with Crippen molar-refractivity contribution in [3.8, 4) is 5.69 Å². The average Bonchev–Trinajstić information content (AvgIpc) is 3.52. The number of methoxy groups -OCH3 is 1. The standard InChI is InChI=1S/C34H36ClN5O2S/c1-21-14-17-38(18-15-21)30-13-12-24(20-27(30)35)40-32(31(37-34(40)43)28-10-7-8-16-36-28)26-19-22(2)39(23(26)3)29-11-6-5-9-25(29)33(41)42-4/h5-13,16,19-21,31-32H,14-15,17-18H2,1-4H3,(H,37,43). The highest BCUT2D eigenvalue weighted by Gasteiger charge is 2.42. The lowest BCUT2D eigenvalue weighted by Crippen LogP contribution is -2.33. The van der Waals surface area contributed by atoms with Crippen LogP contribution in [-0.4, -0.2) is 40.8 Å². The third kappa shape index (κ3) is 5.38. The van der Waals surface area contributed by atoms with Crippen molar-refractivity contribution in [3.05, 3.63) is 106 Å². The van der Waals surface area contributed by atoms with Crippen LogP contribution in [0.2, 0.25) is 5.02 Å². The summed E-state index contributed by atoms with van der Waals surface area (Å²) in [6.45, 7) is 8.46. The number of piperidine rings is 1. The van der Waals surface area contributed by atoms with Crippen molar-refractivity contribution in [1.82, 2.24) is 14.9 Å². The molecule has 2 unspecified atom stereocenters. The van der Waals surface area contributed by atoms with E-state index in [-0.39, 0.29) is 18.1 Å². The highest BCUT2D eigenvalue weighted by molar-refractivity contribution is 7.80. The summed E-state index contributed by atoms with van der Waals surface area (Å²) in [5.41, 5.74) is 7.22. The van der Waals surface area contributed by atoms with Gasteiger partial charge in [-0.2, -0.15) is 0 Å². The maximum atomic E-state index is 12.7. The van der Waals surface area contributed by atoms with Crippen LogP contribution in [0.15, 0.2) is 72.9 Å². The van der Waals surface area contributed by atoms with E-state index < -0.39 is 0 Å². The monoisotopic (exact) mass is 613 g/mol. The van der Waals surface area contributed by atoms with Gasteiger partial charge in [-0.1, -0.05) is 36.7 Å². The third-order valence-electron chi connectivity index (χ3n) is 8.77. The van der Waals surface area contributed by atoms with Crippen LogP contribution in [-0.2, 0) is 4.74 Å². The summed E-state index contributed by atoms with van der Waals surface area (Å²) < 4.78 is 7.22. The van der Waals surface area contributed by atoms with Gasteiger partial charge >= 0.3 is 5.97 Å². The number of halogens is 1. The van der Waals surface area contributed by atoms with E-state index in [4.69, 9.17) is 33.5 Å². The number of thiocarbonyl (C=S) groups is 1. The average molecular weight is 614 g/mol. The number of nitrogens with one attached hydrogen (secondary N) is 1. The number of carbonyl (C=O) groups excluding carboxylic acids is 1. The van der Waals surface area contributed by atoms with Gasteiger partial charge in [0.25, 0.3) is 0 Å². The Kier molecular flexibility index (Phi) is 8.16. The van der Waals surface area contributed by atoms with Gasteiger partial charge in [-0.25, -0.2) is 4.79 Å². The number of aromatic nitrogens is 2. The van der Waals surface area contributed by atoms with Crippen molar-refractivity contribution in [2.75, 3.05) is 30.0 Å². The van der Waals surface area contributed by atoms with Crippen LogP contribution in [0.5, 0.6) is 0 Å². The van der Waals surface area contributed by atoms with Gasteiger partial charge in [-0.05, 0) is 98.9 Å². The molecule has 2 fully saturated rings.